The van der Waals surface area contributed by atoms with E-state index in [1.807, 2.05) is 0 Å². The summed E-state index contributed by atoms with van der Waals surface area (Å²) in [5.74, 6) is -2.14. The first-order valence-electron chi connectivity index (χ1n) is 7.00. The Labute approximate surface area is 146 Å². The number of esters is 1. The molecule has 0 bridgehead atoms. The van der Waals surface area contributed by atoms with Gasteiger partial charge in [-0.15, -0.1) is 0 Å². The number of primary amides is 1. The van der Waals surface area contributed by atoms with E-state index < -0.39 is 28.7 Å². The van der Waals surface area contributed by atoms with Crippen LogP contribution in [-0.2, 0) is 9.53 Å². The Morgan fingerprint density at radius 3 is 2.44 bits per heavy atom. The second kappa shape index (κ2) is 7.75. The number of hydrogen-bond acceptors (Lipinski definition) is 6. The molecule has 0 spiro atoms. The average Bonchev–Trinajstić information content (AvgIpc) is 2.56. The minimum atomic E-state index is -1.15. The van der Waals surface area contributed by atoms with Gasteiger partial charge >= 0.3 is 5.97 Å². The van der Waals surface area contributed by atoms with E-state index in [0.29, 0.717) is 4.90 Å². The van der Waals surface area contributed by atoms with E-state index in [4.69, 9.17) is 10.5 Å². The first kappa shape index (κ1) is 18.4. The van der Waals surface area contributed by atoms with Crippen LogP contribution in [-0.4, -0.2) is 22.9 Å². The molecule has 2 N–H and O–H groups in total. The molecular formula is C16H13FN2O5S. The molecule has 2 rings (SSSR count). The van der Waals surface area contributed by atoms with Crippen LogP contribution in [0.4, 0.5) is 10.1 Å². The Bertz CT molecular complexity index is 826. The van der Waals surface area contributed by atoms with Gasteiger partial charge < -0.3 is 10.5 Å². The van der Waals surface area contributed by atoms with E-state index in [9.17, 15) is 24.1 Å². The van der Waals surface area contributed by atoms with E-state index in [1.165, 1.54) is 43.3 Å². The third-order valence-corrected chi connectivity index (χ3v) is 4.19. The van der Waals surface area contributed by atoms with Crippen LogP contribution in [0.3, 0.4) is 0 Å². The number of nitrogens with zero attached hydrogens (tertiary/aromatic N) is 1. The summed E-state index contributed by atoms with van der Waals surface area (Å²) >= 11 is 1.06. The largest absolute Gasteiger partial charge is 0.449 e. The maximum atomic E-state index is 12.9. The van der Waals surface area contributed by atoms with Crippen LogP contribution in [0.15, 0.2) is 52.3 Å². The van der Waals surface area contributed by atoms with Gasteiger partial charge in [-0.3, -0.25) is 14.9 Å². The summed E-state index contributed by atoms with van der Waals surface area (Å²) in [4.78, 5) is 34.4. The van der Waals surface area contributed by atoms with Crippen LogP contribution in [0, 0.1) is 15.9 Å². The first-order chi connectivity index (χ1) is 11.8. The molecule has 0 unspecified atom stereocenters. The van der Waals surface area contributed by atoms with Crippen molar-refractivity contribution in [2.75, 3.05) is 0 Å². The summed E-state index contributed by atoms with van der Waals surface area (Å²) in [6.45, 7) is 1.30. The lowest BCUT2D eigenvalue weighted by Gasteiger charge is -2.10. The van der Waals surface area contributed by atoms with Crippen LogP contribution >= 0.6 is 11.8 Å². The smallest absolute Gasteiger partial charge is 0.339 e. The average molecular weight is 364 g/mol. The quantitative estimate of drug-likeness (QED) is 0.479. The zero-order chi connectivity index (χ0) is 18.6. The maximum Gasteiger partial charge on any atom is 0.339 e. The van der Waals surface area contributed by atoms with Crippen LogP contribution in [0.1, 0.15) is 17.3 Å². The van der Waals surface area contributed by atoms with Gasteiger partial charge in [0.1, 0.15) is 5.82 Å². The number of nitro benzene ring substituents is 1. The van der Waals surface area contributed by atoms with Crippen molar-refractivity contribution in [3.63, 3.8) is 0 Å². The van der Waals surface area contributed by atoms with Gasteiger partial charge in [-0.2, -0.15) is 0 Å². The third kappa shape index (κ3) is 4.77. The van der Waals surface area contributed by atoms with Gasteiger partial charge in [0.2, 0.25) is 0 Å². The van der Waals surface area contributed by atoms with Gasteiger partial charge in [0, 0.05) is 11.0 Å². The van der Waals surface area contributed by atoms with Crippen LogP contribution in [0.2, 0.25) is 0 Å². The highest BCUT2D eigenvalue weighted by molar-refractivity contribution is 7.99. The fraction of sp³-hybridized carbons (Fsp3) is 0.125. The minimum Gasteiger partial charge on any atom is -0.449 e. The number of benzene rings is 2. The zero-order valence-corrected chi connectivity index (χ0v) is 13.8. The number of carbonyl (C=O) groups excluding carboxylic acids is 2. The molecule has 9 heteroatoms. The van der Waals surface area contributed by atoms with E-state index in [1.54, 1.807) is 0 Å². The molecule has 2 aromatic carbocycles. The van der Waals surface area contributed by atoms with Gasteiger partial charge in [-0.1, -0.05) is 11.8 Å². The Kier molecular flexibility index (Phi) is 5.71. The van der Waals surface area contributed by atoms with E-state index in [2.05, 4.69) is 0 Å². The lowest BCUT2D eigenvalue weighted by atomic mass is 10.2. The minimum absolute atomic E-state index is 0.0803. The van der Waals surface area contributed by atoms with Crippen molar-refractivity contribution in [2.45, 2.75) is 22.8 Å². The Morgan fingerprint density at radius 1 is 1.24 bits per heavy atom. The number of halogens is 1. The van der Waals surface area contributed by atoms with Crippen molar-refractivity contribution in [2.24, 2.45) is 5.73 Å². The number of ether oxygens (including phenoxy) is 1. The lowest BCUT2D eigenvalue weighted by Crippen LogP contribution is -2.30. The Hall–Kier alpha value is -2.94. The van der Waals surface area contributed by atoms with Crippen LogP contribution < -0.4 is 5.73 Å². The van der Waals surface area contributed by atoms with Crippen LogP contribution in [0.5, 0.6) is 0 Å². The molecule has 0 radical (unpaired) electrons. The standard InChI is InChI=1S/C16H13FN2O5S/c1-9(15(18)20)24-16(21)10-2-7-14(13(8-10)19(22)23)25-12-5-3-11(17)4-6-12/h2-9H,1H3,(H2,18,20)/t9-/m1/s1. The van der Waals surface area contributed by atoms with Gasteiger partial charge in [0.05, 0.1) is 15.4 Å². The molecule has 1 amide bonds. The molecule has 1 atom stereocenters. The van der Waals surface area contributed by atoms with Gasteiger partial charge in [0.15, 0.2) is 6.10 Å². The highest BCUT2D eigenvalue weighted by Gasteiger charge is 2.21. The molecule has 0 aliphatic rings. The molecule has 130 valence electrons. The van der Waals surface area contributed by atoms with Gasteiger partial charge in [-0.05, 0) is 43.3 Å². The highest BCUT2D eigenvalue weighted by Crippen LogP contribution is 2.35. The number of nitro groups is 1. The van der Waals surface area contributed by atoms with Crippen molar-refractivity contribution in [3.05, 3.63) is 64.0 Å². The highest BCUT2D eigenvalue weighted by atomic mass is 32.2. The molecule has 0 aliphatic heterocycles. The predicted molar refractivity (Wildman–Crippen MR) is 87.7 cm³/mol. The molecule has 2 aromatic rings. The summed E-state index contributed by atoms with van der Waals surface area (Å²) in [5, 5.41) is 11.3. The molecule has 0 heterocycles. The van der Waals surface area contributed by atoms with Gasteiger partial charge in [-0.25, -0.2) is 9.18 Å². The fourth-order valence-electron chi connectivity index (χ4n) is 1.79. The van der Waals surface area contributed by atoms with Crippen molar-refractivity contribution >= 4 is 29.3 Å². The molecule has 0 aromatic heterocycles. The molecule has 7 nitrogen and oxygen atoms in total. The summed E-state index contributed by atoms with van der Waals surface area (Å²) in [6, 6.07) is 9.24. The van der Waals surface area contributed by atoms with Crippen molar-refractivity contribution in [1.29, 1.82) is 0 Å². The van der Waals surface area contributed by atoms with Crippen molar-refractivity contribution in [3.8, 4) is 0 Å². The second-order valence-corrected chi connectivity index (χ2v) is 6.06. The zero-order valence-electron chi connectivity index (χ0n) is 13.0. The first-order valence-corrected chi connectivity index (χ1v) is 7.81. The molecule has 25 heavy (non-hydrogen) atoms. The van der Waals surface area contributed by atoms with Crippen LogP contribution in [0.25, 0.3) is 0 Å². The topological polar surface area (TPSA) is 113 Å². The third-order valence-electron chi connectivity index (χ3n) is 3.12. The molecule has 0 fully saturated rings. The normalized spacial score (nSPS) is 11.6. The summed E-state index contributed by atoms with van der Waals surface area (Å²) < 4.78 is 17.8. The van der Waals surface area contributed by atoms with Crippen molar-refractivity contribution in [1.82, 2.24) is 0 Å². The number of rotatable bonds is 6. The Morgan fingerprint density at radius 2 is 1.88 bits per heavy atom. The molecule has 0 saturated heterocycles. The monoisotopic (exact) mass is 364 g/mol. The predicted octanol–water partition coefficient (Wildman–Crippen LogP) is 2.92. The van der Waals surface area contributed by atoms with E-state index >= 15 is 0 Å². The van der Waals surface area contributed by atoms with Crippen molar-refractivity contribution < 1.29 is 23.6 Å². The summed E-state index contributed by atoms with van der Waals surface area (Å²) in [5.41, 5.74) is 4.62. The summed E-state index contributed by atoms with van der Waals surface area (Å²) in [6.07, 6.45) is -1.15. The second-order valence-electron chi connectivity index (χ2n) is 4.95. The van der Waals surface area contributed by atoms with E-state index in [-0.39, 0.29) is 16.1 Å². The lowest BCUT2D eigenvalue weighted by molar-refractivity contribution is -0.387. The number of carbonyl (C=O) groups is 2. The molecule has 0 aliphatic carbocycles. The molecule has 0 saturated carbocycles. The summed E-state index contributed by atoms with van der Waals surface area (Å²) in [7, 11) is 0. The van der Waals surface area contributed by atoms with E-state index in [0.717, 1.165) is 17.8 Å². The number of hydrogen-bond donors (Lipinski definition) is 1. The van der Waals surface area contributed by atoms with Gasteiger partial charge in [0.25, 0.3) is 11.6 Å². The number of nitrogens with two attached hydrogens (primary N) is 1. The molecular weight excluding hydrogens is 351 g/mol. The maximum absolute atomic E-state index is 12.9. The fourth-order valence-corrected chi connectivity index (χ4v) is 2.69. The Balaban J connectivity index is 2.28. The SMILES string of the molecule is C[C@@H](OC(=O)c1ccc(Sc2ccc(F)cc2)c([N+](=O)[O-])c1)C(N)=O. The number of amides is 1.